The van der Waals surface area contributed by atoms with Gasteiger partial charge in [-0.25, -0.2) is 4.79 Å². The van der Waals surface area contributed by atoms with E-state index in [1.165, 1.54) is 0 Å². The third-order valence-electron chi connectivity index (χ3n) is 4.02. The van der Waals surface area contributed by atoms with Gasteiger partial charge in [0.15, 0.2) is 0 Å². The van der Waals surface area contributed by atoms with Crippen molar-refractivity contribution in [2.45, 2.75) is 52.1 Å². The number of nitrogens with one attached hydrogen (secondary N) is 2. The summed E-state index contributed by atoms with van der Waals surface area (Å²) in [6.07, 6.45) is 1.81. The highest BCUT2D eigenvalue weighted by molar-refractivity contribution is 5.79. The molecule has 0 radical (unpaired) electrons. The highest BCUT2D eigenvalue weighted by Crippen LogP contribution is 2.30. The summed E-state index contributed by atoms with van der Waals surface area (Å²) in [6.45, 7) is 7.85. The topological polar surface area (TPSA) is 87.7 Å². The number of carbonyl (C=O) groups is 2. The second-order valence-electron chi connectivity index (χ2n) is 6.07. The fourth-order valence-electron chi connectivity index (χ4n) is 1.78. The van der Waals surface area contributed by atoms with Gasteiger partial charge in [-0.1, -0.05) is 0 Å². The molecule has 6 nitrogen and oxygen atoms in total. The Morgan fingerprint density at radius 3 is 2.37 bits per heavy atom. The fourth-order valence-corrected chi connectivity index (χ4v) is 1.78. The molecule has 110 valence electrons. The molecule has 0 spiro atoms. The summed E-state index contributed by atoms with van der Waals surface area (Å²) in [7, 11) is 0. The van der Waals surface area contributed by atoms with Crippen molar-refractivity contribution in [1.29, 1.82) is 0 Å². The average molecular weight is 272 g/mol. The largest absolute Gasteiger partial charge is 0.481 e. The van der Waals surface area contributed by atoms with Gasteiger partial charge in [-0.2, -0.15) is 0 Å². The highest BCUT2D eigenvalue weighted by atomic mass is 16.5. The fraction of sp³-hybridized carbons (Fsp3) is 0.846. The van der Waals surface area contributed by atoms with Gasteiger partial charge in [0.25, 0.3) is 0 Å². The van der Waals surface area contributed by atoms with Crippen LogP contribution in [0.3, 0.4) is 0 Å². The van der Waals surface area contributed by atoms with Gasteiger partial charge in [0.1, 0.15) is 0 Å². The van der Waals surface area contributed by atoms with E-state index < -0.39 is 16.9 Å². The van der Waals surface area contributed by atoms with Gasteiger partial charge in [-0.3, -0.25) is 4.79 Å². The molecule has 0 bridgehead atoms. The first kappa shape index (κ1) is 15.8. The Hall–Kier alpha value is -1.30. The minimum absolute atomic E-state index is 0.00232. The van der Waals surface area contributed by atoms with Crippen molar-refractivity contribution >= 4 is 12.0 Å². The predicted octanol–water partition coefficient (Wildman–Crippen LogP) is 1.35. The van der Waals surface area contributed by atoms with Crippen LogP contribution in [0.1, 0.15) is 40.5 Å². The van der Waals surface area contributed by atoms with Crippen molar-refractivity contribution in [3.8, 4) is 0 Å². The number of carboxylic acid groups (broad SMARTS) is 1. The minimum Gasteiger partial charge on any atom is -0.481 e. The number of amides is 2. The smallest absolute Gasteiger partial charge is 0.315 e. The van der Waals surface area contributed by atoms with Crippen LogP contribution >= 0.6 is 0 Å². The molecular formula is C13H24N2O4. The van der Waals surface area contributed by atoms with Crippen LogP contribution in [0.15, 0.2) is 0 Å². The number of hydrogen-bond donors (Lipinski definition) is 3. The van der Waals surface area contributed by atoms with Gasteiger partial charge in [-0.05, 0) is 40.5 Å². The zero-order valence-electron chi connectivity index (χ0n) is 12.1. The average Bonchev–Trinajstić information content (AvgIpc) is 2.28. The van der Waals surface area contributed by atoms with E-state index in [2.05, 4.69) is 10.6 Å². The summed E-state index contributed by atoms with van der Waals surface area (Å²) in [5, 5.41) is 14.8. The number of carboxylic acids is 1. The molecule has 1 heterocycles. The molecule has 19 heavy (non-hydrogen) atoms. The first-order chi connectivity index (χ1) is 8.67. The summed E-state index contributed by atoms with van der Waals surface area (Å²) in [4.78, 5) is 23.2. The molecule has 1 unspecified atom stereocenters. The lowest BCUT2D eigenvalue weighted by atomic mass is 9.74. The molecule has 1 aliphatic heterocycles. The molecule has 1 aliphatic rings. The molecule has 1 atom stereocenters. The molecule has 1 saturated heterocycles. The second-order valence-corrected chi connectivity index (χ2v) is 6.07. The molecule has 1 rings (SSSR count). The van der Waals surface area contributed by atoms with Crippen molar-refractivity contribution in [2.75, 3.05) is 13.2 Å². The molecular weight excluding hydrogens is 248 g/mol. The van der Waals surface area contributed by atoms with E-state index in [0.29, 0.717) is 6.61 Å². The Balaban J connectivity index is 2.57. The van der Waals surface area contributed by atoms with Crippen LogP contribution in [0.2, 0.25) is 0 Å². The maximum atomic E-state index is 11.9. The lowest BCUT2D eigenvalue weighted by molar-refractivity contribution is -0.150. The van der Waals surface area contributed by atoms with Gasteiger partial charge >= 0.3 is 12.0 Å². The third-order valence-corrected chi connectivity index (χ3v) is 4.02. The number of aliphatic carboxylic acids is 1. The van der Waals surface area contributed by atoms with E-state index in [9.17, 15) is 14.7 Å². The summed E-state index contributed by atoms with van der Waals surface area (Å²) in [5.74, 6) is -0.946. The first-order valence-electron chi connectivity index (χ1n) is 6.56. The monoisotopic (exact) mass is 272 g/mol. The molecule has 0 aromatic rings. The Kier molecular flexibility index (Phi) is 4.79. The predicted molar refractivity (Wildman–Crippen MR) is 71.0 cm³/mol. The molecule has 0 saturated carbocycles. The molecule has 2 amide bonds. The summed E-state index contributed by atoms with van der Waals surface area (Å²) in [5.41, 5.74) is -1.92. The number of urea groups is 1. The van der Waals surface area contributed by atoms with Crippen molar-refractivity contribution in [2.24, 2.45) is 5.41 Å². The van der Waals surface area contributed by atoms with E-state index >= 15 is 0 Å². The molecule has 0 aromatic heterocycles. The molecule has 3 N–H and O–H groups in total. The number of carbonyl (C=O) groups excluding carboxylic acids is 1. The summed E-state index contributed by atoms with van der Waals surface area (Å²) < 4.78 is 5.28. The lowest BCUT2D eigenvalue weighted by Gasteiger charge is -2.39. The van der Waals surface area contributed by atoms with E-state index in [1.807, 2.05) is 0 Å². The van der Waals surface area contributed by atoms with Gasteiger partial charge in [0, 0.05) is 6.61 Å². The van der Waals surface area contributed by atoms with E-state index in [4.69, 9.17) is 4.74 Å². The maximum absolute atomic E-state index is 11.9. The zero-order valence-corrected chi connectivity index (χ0v) is 12.1. The van der Waals surface area contributed by atoms with Crippen LogP contribution in [0.25, 0.3) is 0 Å². The zero-order chi connectivity index (χ0) is 14.7. The Bertz CT molecular complexity index is 347. The van der Waals surface area contributed by atoms with Crippen LogP contribution < -0.4 is 10.6 Å². The Morgan fingerprint density at radius 1 is 1.26 bits per heavy atom. The quantitative estimate of drug-likeness (QED) is 0.721. The van der Waals surface area contributed by atoms with Crippen LogP contribution in [0.5, 0.6) is 0 Å². The number of ether oxygens (including phenoxy) is 1. The van der Waals surface area contributed by atoms with E-state index in [1.54, 1.807) is 27.7 Å². The summed E-state index contributed by atoms with van der Waals surface area (Å²) in [6, 6.07) is -0.354. The van der Waals surface area contributed by atoms with E-state index in [-0.39, 0.29) is 12.1 Å². The second kappa shape index (κ2) is 5.77. The van der Waals surface area contributed by atoms with Gasteiger partial charge in [0.2, 0.25) is 0 Å². The van der Waals surface area contributed by atoms with Crippen LogP contribution in [-0.4, -0.2) is 41.9 Å². The molecule has 6 heteroatoms. The first-order valence-corrected chi connectivity index (χ1v) is 6.56. The van der Waals surface area contributed by atoms with Crippen molar-refractivity contribution in [3.05, 3.63) is 0 Å². The van der Waals surface area contributed by atoms with E-state index in [0.717, 1.165) is 19.4 Å². The molecule has 0 aliphatic carbocycles. The van der Waals surface area contributed by atoms with Crippen molar-refractivity contribution in [3.63, 3.8) is 0 Å². The normalized spacial score (nSPS) is 20.7. The Labute approximate surface area is 113 Å². The standard InChI is InChI=1S/C13H24N2O4/c1-12(2,10(16)17)13(3,4)15-11(18)14-9-6-5-7-19-8-9/h9H,5-8H2,1-4H3,(H,16,17)(H2,14,15,18). The lowest BCUT2D eigenvalue weighted by Crippen LogP contribution is -2.60. The van der Waals surface area contributed by atoms with Gasteiger partial charge < -0.3 is 20.5 Å². The van der Waals surface area contributed by atoms with Crippen LogP contribution in [-0.2, 0) is 9.53 Å². The number of hydrogen-bond acceptors (Lipinski definition) is 3. The summed E-state index contributed by atoms with van der Waals surface area (Å²) >= 11 is 0. The van der Waals surface area contributed by atoms with Crippen LogP contribution in [0, 0.1) is 5.41 Å². The SMILES string of the molecule is CC(C)(NC(=O)NC1CCCOC1)C(C)(C)C(=O)O. The Morgan fingerprint density at radius 2 is 1.89 bits per heavy atom. The highest BCUT2D eigenvalue weighted by Gasteiger charge is 2.44. The molecule has 0 aromatic carbocycles. The molecule has 1 fully saturated rings. The maximum Gasteiger partial charge on any atom is 0.315 e. The third kappa shape index (κ3) is 3.83. The van der Waals surface area contributed by atoms with Crippen molar-refractivity contribution in [1.82, 2.24) is 10.6 Å². The van der Waals surface area contributed by atoms with Crippen LogP contribution in [0.4, 0.5) is 4.79 Å². The van der Waals surface area contributed by atoms with Gasteiger partial charge in [0.05, 0.1) is 23.6 Å². The number of rotatable bonds is 4. The minimum atomic E-state index is -1.06. The van der Waals surface area contributed by atoms with Crippen molar-refractivity contribution < 1.29 is 19.4 Å². The van der Waals surface area contributed by atoms with Gasteiger partial charge in [-0.15, -0.1) is 0 Å².